The number of likely N-dealkylation sites (tertiary alicyclic amines) is 1. The monoisotopic (exact) mass is 227 g/mol. The molecule has 0 saturated carbocycles. The van der Waals surface area contributed by atoms with E-state index in [9.17, 15) is 4.79 Å². The summed E-state index contributed by atoms with van der Waals surface area (Å²) in [7, 11) is 1.71. The van der Waals surface area contributed by atoms with E-state index in [4.69, 9.17) is 0 Å². The zero-order valence-corrected chi connectivity index (χ0v) is 10.8. The summed E-state index contributed by atoms with van der Waals surface area (Å²) in [5.41, 5.74) is 0. The van der Waals surface area contributed by atoms with Crippen LogP contribution in [0.2, 0.25) is 0 Å². The summed E-state index contributed by atoms with van der Waals surface area (Å²) in [6.07, 6.45) is 3.70. The second-order valence-corrected chi connectivity index (χ2v) is 4.49. The lowest BCUT2D eigenvalue weighted by atomic mass is 9.99. The first-order valence-corrected chi connectivity index (χ1v) is 6.38. The van der Waals surface area contributed by atoms with Gasteiger partial charge in [-0.15, -0.1) is 0 Å². The topological polar surface area (TPSA) is 44.4 Å². The third-order valence-corrected chi connectivity index (χ3v) is 3.43. The van der Waals surface area contributed by atoms with Crippen molar-refractivity contribution < 1.29 is 4.79 Å². The molecular weight excluding hydrogens is 202 g/mol. The van der Waals surface area contributed by atoms with Crippen LogP contribution in [0.3, 0.4) is 0 Å². The highest BCUT2D eigenvalue weighted by molar-refractivity contribution is 5.81. The van der Waals surface area contributed by atoms with Crippen molar-refractivity contribution >= 4 is 5.91 Å². The van der Waals surface area contributed by atoms with Crippen LogP contribution in [-0.4, -0.2) is 49.6 Å². The summed E-state index contributed by atoms with van der Waals surface area (Å²) in [5, 5.41) is 6.12. The first kappa shape index (κ1) is 13.5. The molecule has 94 valence electrons. The van der Waals surface area contributed by atoms with Gasteiger partial charge >= 0.3 is 0 Å². The molecule has 1 fully saturated rings. The number of nitrogens with zero attached hydrogens (tertiary/aromatic N) is 1. The van der Waals surface area contributed by atoms with Gasteiger partial charge < -0.3 is 10.6 Å². The zero-order valence-electron chi connectivity index (χ0n) is 10.8. The number of likely N-dealkylation sites (N-methyl/N-ethyl adjacent to an activating group) is 2. The average Bonchev–Trinajstić information content (AvgIpc) is 2.34. The van der Waals surface area contributed by atoms with E-state index in [0.29, 0.717) is 6.04 Å². The fourth-order valence-electron chi connectivity index (χ4n) is 2.42. The number of carbonyl (C=O) groups is 1. The Morgan fingerprint density at radius 1 is 1.50 bits per heavy atom. The molecule has 2 atom stereocenters. The van der Waals surface area contributed by atoms with Gasteiger partial charge in [-0.3, -0.25) is 9.69 Å². The minimum Gasteiger partial charge on any atom is -0.358 e. The number of amides is 1. The van der Waals surface area contributed by atoms with Gasteiger partial charge in [0.05, 0.1) is 6.04 Å². The fourth-order valence-corrected chi connectivity index (χ4v) is 2.42. The number of hydrogen-bond donors (Lipinski definition) is 2. The highest BCUT2D eigenvalue weighted by atomic mass is 16.2. The summed E-state index contributed by atoms with van der Waals surface area (Å²) < 4.78 is 0. The Labute approximate surface area is 98.8 Å². The Bertz CT molecular complexity index is 220. The molecule has 4 nitrogen and oxygen atoms in total. The predicted molar refractivity (Wildman–Crippen MR) is 66.4 cm³/mol. The third kappa shape index (κ3) is 3.46. The van der Waals surface area contributed by atoms with Gasteiger partial charge in [-0.2, -0.15) is 0 Å². The summed E-state index contributed by atoms with van der Waals surface area (Å²) in [6, 6.07) is 0.509. The minimum absolute atomic E-state index is 0.00560. The SMILES string of the molecule is CCNCC1CCCCN1C(C)C(=O)NC. The maximum Gasteiger partial charge on any atom is 0.236 e. The number of carbonyl (C=O) groups excluding carboxylic acids is 1. The van der Waals surface area contributed by atoms with E-state index < -0.39 is 0 Å². The quantitative estimate of drug-likeness (QED) is 0.722. The molecule has 1 heterocycles. The first-order chi connectivity index (χ1) is 7.70. The van der Waals surface area contributed by atoms with Crippen LogP contribution in [0.1, 0.15) is 33.1 Å². The molecule has 16 heavy (non-hydrogen) atoms. The average molecular weight is 227 g/mol. The lowest BCUT2D eigenvalue weighted by Gasteiger charge is -2.39. The Balaban J connectivity index is 2.54. The Hall–Kier alpha value is -0.610. The lowest BCUT2D eigenvalue weighted by Crippen LogP contribution is -2.54. The van der Waals surface area contributed by atoms with Crippen LogP contribution in [0, 0.1) is 0 Å². The molecule has 1 rings (SSSR count). The zero-order chi connectivity index (χ0) is 12.0. The lowest BCUT2D eigenvalue weighted by molar-refractivity contribution is -0.126. The molecule has 0 spiro atoms. The van der Waals surface area contributed by atoms with E-state index in [0.717, 1.165) is 19.6 Å². The molecular formula is C12H25N3O. The molecule has 2 unspecified atom stereocenters. The van der Waals surface area contributed by atoms with Crippen molar-refractivity contribution in [1.82, 2.24) is 15.5 Å². The molecule has 1 aliphatic heterocycles. The first-order valence-electron chi connectivity index (χ1n) is 6.38. The number of nitrogens with one attached hydrogen (secondary N) is 2. The molecule has 0 bridgehead atoms. The van der Waals surface area contributed by atoms with Crippen LogP contribution in [0.4, 0.5) is 0 Å². The van der Waals surface area contributed by atoms with Gasteiger partial charge in [0.15, 0.2) is 0 Å². The van der Waals surface area contributed by atoms with Crippen molar-refractivity contribution in [1.29, 1.82) is 0 Å². The normalized spacial score (nSPS) is 24.1. The molecule has 0 aromatic carbocycles. The van der Waals surface area contributed by atoms with Crippen LogP contribution in [-0.2, 0) is 4.79 Å². The van der Waals surface area contributed by atoms with Crippen LogP contribution in [0.15, 0.2) is 0 Å². The summed E-state index contributed by atoms with van der Waals surface area (Å²) in [4.78, 5) is 14.0. The van der Waals surface area contributed by atoms with E-state index in [-0.39, 0.29) is 11.9 Å². The van der Waals surface area contributed by atoms with Gasteiger partial charge in [0.25, 0.3) is 0 Å². The largest absolute Gasteiger partial charge is 0.358 e. The molecule has 0 aliphatic carbocycles. The Morgan fingerprint density at radius 3 is 2.88 bits per heavy atom. The van der Waals surface area contributed by atoms with Gasteiger partial charge in [-0.1, -0.05) is 13.3 Å². The molecule has 0 aromatic heterocycles. The number of hydrogen-bond acceptors (Lipinski definition) is 3. The van der Waals surface area contributed by atoms with Gasteiger partial charge in [0.2, 0.25) is 5.91 Å². The van der Waals surface area contributed by atoms with Crippen LogP contribution >= 0.6 is 0 Å². The highest BCUT2D eigenvalue weighted by Crippen LogP contribution is 2.19. The van der Waals surface area contributed by atoms with E-state index in [1.165, 1.54) is 19.3 Å². The van der Waals surface area contributed by atoms with Crippen LogP contribution < -0.4 is 10.6 Å². The Kier molecular flexibility index (Phi) is 5.77. The molecule has 1 amide bonds. The van der Waals surface area contributed by atoms with Crippen molar-refractivity contribution in [2.24, 2.45) is 0 Å². The molecule has 4 heteroatoms. The van der Waals surface area contributed by atoms with Gasteiger partial charge in [-0.05, 0) is 32.9 Å². The minimum atomic E-state index is -0.00560. The summed E-state index contributed by atoms with van der Waals surface area (Å²) in [6.45, 7) is 7.17. The number of rotatable bonds is 5. The standard InChI is InChI=1S/C12H25N3O/c1-4-14-9-11-7-5-6-8-15(11)10(2)12(16)13-3/h10-11,14H,4-9H2,1-3H3,(H,13,16). The molecule has 2 N–H and O–H groups in total. The van der Waals surface area contributed by atoms with E-state index in [1.807, 2.05) is 6.92 Å². The predicted octanol–water partition coefficient (Wildman–Crippen LogP) is 0.585. The van der Waals surface area contributed by atoms with Crippen LogP contribution in [0.5, 0.6) is 0 Å². The smallest absolute Gasteiger partial charge is 0.236 e. The van der Waals surface area contributed by atoms with E-state index in [2.05, 4.69) is 22.5 Å². The van der Waals surface area contributed by atoms with E-state index >= 15 is 0 Å². The fraction of sp³-hybridized carbons (Fsp3) is 0.917. The van der Waals surface area contributed by atoms with Crippen molar-refractivity contribution in [3.63, 3.8) is 0 Å². The van der Waals surface area contributed by atoms with Crippen LogP contribution in [0.25, 0.3) is 0 Å². The van der Waals surface area contributed by atoms with Crippen molar-refractivity contribution in [3.05, 3.63) is 0 Å². The summed E-state index contributed by atoms with van der Waals surface area (Å²) >= 11 is 0. The Morgan fingerprint density at radius 2 is 2.25 bits per heavy atom. The van der Waals surface area contributed by atoms with Crippen molar-refractivity contribution in [2.75, 3.05) is 26.7 Å². The van der Waals surface area contributed by atoms with Gasteiger partial charge in [-0.25, -0.2) is 0 Å². The highest BCUT2D eigenvalue weighted by Gasteiger charge is 2.29. The maximum absolute atomic E-state index is 11.7. The maximum atomic E-state index is 11.7. The second kappa shape index (κ2) is 6.86. The van der Waals surface area contributed by atoms with Crippen molar-refractivity contribution in [3.8, 4) is 0 Å². The molecule has 0 radical (unpaired) electrons. The molecule has 0 aromatic rings. The van der Waals surface area contributed by atoms with E-state index in [1.54, 1.807) is 7.05 Å². The molecule has 1 saturated heterocycles. The molecule has 1 aliphatic rings. The number of piperidine rings is 1. The van der Waals surface area contributed by atoms with Gasteiger partial charge in [0, 0.05) is 19.6 Å². The van der Waals surface area contributed by atoms with Gasteiger partial charge in [0.1, 0.15) is 0 Å². The third-order valence-electron chi connectivity index (χ3n) is 3.43. The summed E-state index contributed by atoms with van der Waals surface area (Å²) in [5.74, 6) is 0.128. The van der Waals surface area contributed by atoms with Crippen molar-refractivity contribution in [2.45, 2.75) is 45.2 Å². The second-order valence-electron chi connectivity index (χ2n) is 4.49.